The third kappa shape index (κ3) is 2.25. The maximum absolute atomic E-state index is 12.4. The molecule has 2 nitrogen and oxygen atoms in total. The fraction of sp³-hybridized carbons (Fsp3) is 0.316. The standard InChI is InChI=1S/C19H17BrClNO/c1-11(23)22-17-8-4-6-12-15(20)10-9-14(18(12)17)19(22)13-5-2-3-7-16(13)21/h2-8,14-15,19H,9-10H2,1H3. The van der Waals surface area contributed by atoms with Gasteiger partial charge in [-0.15, -0.1) is 0 Å². The molecule has 23 heavy (non-hydrogen) atoms. The van der Waals surface area contributed by atoms with Gasteiger partial charge in [0.05, 0.1) is 6.04 Å². The highest BCUT2D eigenvalue weighted by Crippen LogP contribution is 2.58. The van der Waals surface area contributed by atoms with E-state index < -0.39 is 0 Å². The lowest BCUT2D eigenvalue weighted by Crippen LogP contribution is -2.31. The zero-order valence-electron chi connectivity index (χ0n) is 12.8. The Morgan fingerprint density at radius 1 is 1.13 bits per heavy atom. The minimum Gasteiger partial charge on any atom is -0.304 e. The van der Waals surface area contributed by atoms with Crippen molar-refractivity contribution in [3.63, 3.8) is 0 Å². The summed E-state index contributed by atoms with van der Waals surface area (Å²) in [6.45, 7) is 1.65. The van der Waals surface area contributed by atoms with Crippen LogP contribution < -0.4 is 4.90 Å². The number of anilines is 1. The first-order chi connectivity index (χ1) is 11.1. The Morgan fingerprint density at radius 2 is 1.87 bits per heavy atom. The van der Waals surface area contributed by atoms with Crippen LogP contribution in [0.4, 0.5) is 5.69 Å². The maximum Gasteiger partial charge on any atom is 0.224 e. The molecule has 1 aliphatic heterocycles. The lowest BCUT2D eigenvalue weighted by molar-refractivity contribution is -0.117. The molecule has 1 amide bonds. The molecule has 0 radical (unpaired) electrons. The fourth-order valence-electron chi connectivity index (χ4n) is 4.17. The molecular weight excluding hydrogens is 374 g/mol. The van der Waals surface area contributed by atoms with Crippen LogP contribution in [0, 0.1) is 0 Å². The van der Waals surface area contributed by atoms with Crippen LogP contribution in [0.15, 0.2) is 42.5 Å². The number of halogens is 2. The Balaban J connectivity index is 1.95. The molecule has 4 rings (SSSR count). The fourth-order valence-corrected chi connectivity index (χ4v) is 5.08. The van der Waals surface area contributed by atoms with E-state index in [4.69, 9.17) is 11.6 Å². The SMILES string of the molecule is CC(=O)N1c2cccc3c2C(CCC3Br)C1c1ccccc1Cl. The number of carbonyl (C=O) groups excluding carboxylic acids is 1. The predicted molar refractivity (Wildman–Crippen MR) is 97.4 cm³/mol. The summed E-state index contributed by atoms with van der Waals surface area (Å²) in [5, 5.41) is 0.735. The summed E-state index contributed by atoms with van der Waals surface area (Å²) in [5.74, 6) is 0.391. The highest BCUT2D eigenvalue weighted by Gasteiger charge is 2.45. The molecule has 3 unspecified atom stereocenters. The summed E-state index contributed by atoms with van der Waals surface area (Å²) in [6.07, 6.45) is 2.13. The molecule has 0 saturated carbocycles. The van der Waals surface area contributed by atoms with E-state index in [0.29, 0.717) is 10.7 Å². The number of hydrogen-bond donors (Lipinski definition) is 0. The van der Waals surface area contributed by atoms with Gasteiger partial charge in [0, 0.05) is 28.4 Å². The average Bonchev–Trinajstić information content (AvgIpc) is 2.87. The van der Waals surface area contributed by atoms with Gasteiger partial charge in [0.1, 0.15) is 0 Å². The second-order valence-corrected chi connectivity index (χ2v) is 7.80. The second-order valence-electron chi connectivity index (χ2n) is 6.29. The largest absolute Gasteiger partial charge is 0.304 e. The van der Waals surface area contributed by atoms with Crippen LogP contribution in [0.3, 0.4) is 0 Å². The Hall–Kier alpha value is -1.32. The average molecular weight is 391 g/mol. The summed E-state index contributed by atoms with van der Waals surface area (Å²) < 4.78 is 0. The van der Waals surface area contributed by atoms with Crippen molar-refractivity contribution in [2.24, 2.45) is 0 Å². The molecule has 0 bridgehead atoms. The van der Waals surface area contributed by atoms with E-state index in [1.54, 1.807) is 6.92 Å². The number of carbonyl (C=O) groups is 1. The van der Waals surface area contributed by atoms with Gasteiger partial charge in [-0.1, -0.05) is 57.9 Å². The van der Waals surface area contributed by atoms with Gasteiger partial charge in [-0.2, -0.15) is 0 Å². The van der Waals surface area contributed by atoms with Crippen LogP contribution in [0.2, 0.25) is 5.02 Å². The van der Waals surface area contributed by atoms with E-state index >= 15 is 0 Å². The number of rotatable bonds is 1. The van der Waals surface area contributed by atoms with Crippen molar-refractivity contribution in [1.29, 1.82) is 0 Å². The van der Waals surface area contributed by atoms with Crippen molar-refractivity contribution in [3.8, 4) is 0 Å². The summed E-state index contributed by atoms with van der Waals surface area (Å²) >= 11 is 10.3. The molecule has 0 spiro atoms. The number of benzene rings is 2. The zero-order chi connectivity index (χ0) is 16.1. The van der Waals surface area contributed by atoms with Crippen LogP contribution in [0.25, 0.3) is 0 Å². The summed E-state index contributed by atoms with van der Waals surface area (Å²) in [6, 6.07) is 14.2. The first kappa shape index (κ1) is 15.2. The summed E-state index contributed by atoms with van der Waals surface area (Å²) in [7, 11) is 0. The molecule has 2 aliphatic rings. The van der Waals surface area contributed by atoms with Crippen LogP contribution in [-0.4, -0.2) is 5.91 Å². The minimum atomic E-state index is -0.00245. The van der Waals surface area contributed by atoms with Gasteiger partial charge in [0.2, 0.25) is 5.91 Å². The molecule has 2 aromatic carbocycles. The highest BCUT2D eigenvalue weighted by atomic mass is 79.9. The van der Waals surface area contributed by atoms with Gasteiger partial charge in [0.25, 0.3) is 0 Å². The van der Waals surface area contributed by atoms with Crippen LogP contribution in [0.5, 0.6) is 0 Å². The Labute approximate surface area is 149 Å². The lowest BCUT2D eigenvalue weighted by atomic mass is 9.79. The van der Waals surface area contributed by atoms with Crippen molar-refractivity contribution < 1.29 is 4.79 Å². The smallest absolute Gasteiger partial charge is 0.224 e. The zero-order valence-corrected chi connectivity index (χ0v) is 15.1. The van der Waals surface area contributed by atoms with E-state index in [1.165, 1.54) is 11.1 Å². The normalized spacial score (nSPS) is 25.3. The topological polar surface area (TPSA) is 20.3 Å². The Morgan fingerprint density at radius 3 is 2.61 bits per heavy atom. The van der Waals surface area contributed by atoms with Crippen molar-refractivity contribution >= 4 is 39.1 Å². The van der Waals surface area contributed by atoms with Crippen molar-refractivity contribution in [3.05, 3.63) is 64.2 Å². The van der Waals surface area contributed by atoms with Gasteiger partial charge in [-0.05, 0) is 41.7 Å². The number of amides is 1. The molecule has 1 aliphatic carbocycles. The number of hydrogen-bond acceptors (Lipinski definition) is 1. The molecule has 0 N–H and O–H groups in total. The van der Waals surface area contributed by atoms with Gasteiger partial charge in [-0.3, -0.25) is 4.79 Å². The molecule has 2 aromatic rings. The van der Waals surface area contributed by atoms with Crippen molar-refractivity contribution in [1.82, 2.24) is 0 Å². The van der Waals surface area contributed by atoms with E-state index in [-0.39, 0.29) is 11.9 Å². The molecule has 3 atom stereocenters. The third-order valence-corrected chi connectivity index (χ3v) is 6.33. The molecule has 0 fully saturated rings. The van der Waals surface area contributed by atoms with Crippen molar-refractivity contribution in [2.45, 2.75) is 36.6 Å². The van der Waals surface area contributed by atoms with Gasteiger partial charge >= 0.3 is 0 Å². The Bertz CT molecular complexity index is 791. The molecule has 118 valence electrons. The molecular formula is C19H17BrClNO. The quantitative estimate of drug-likeness (QED) is 0.567. The molecule has 0 saturated heterocycles. The first-order valence-corrected chi connectivity index (χ1v) is 9.20. The van der Waals surface area contributed by atoms with Crippen molar-refractivity contribution in [2.75, 3.05) is 4.90 Å². The third-order valence-electron chi connectivity index (χ3n) is 5.04. The van der Waals surface area contributed by atoms with Crippen LogP contribution in [0.1, 0.15) is 53.2 Å². The van der Waals surface area contributed by atoms with E-state index in [9.17, 15) is 4.79 Å². The van der Waals surface area contributed by atoms with Gasteiger partial charge in [-0.25, -0.2) is 0 Å². The minimum absolute atomic E-state index is 0.00245. The molecule has 1 heterocycles. The predicted octanol–water partition coefficient (Wildman–Crippen LogP) is 5.76. The second kappa shape index (κ2) is 5.64. The molecule has 0 aromatic heterocycles. The maximum atomic E-state index is 12.4. The van der Waals surface area contributed by atoms with Gasteiger partial charge < -0.3 is 4.90 Å². The summed E-state index contributed by atoms with van der Waals surface area (Å²) in [4.78, 5) is 14.8. The summed E-state index contributed by atoms with van der Waals surface area (Å²) in [5.41, 5.74) is 4.74. The van der Waals surface area contributed by atoms with E-state index in [0.717, 1.165) is 29.1 Å². The monoisotopic (exact) mass is 389 g/mol. The van der Waals surface area contributed by atoms with Gasteiger partial charge in [0.15, 0.2) is 0 Å². The van der Waals surface area contributed by atoms with Crippen LogP contribution >= 0.6 is 27.5 Å². The number of nitrogens with zero attached hydrogens (tertiary/aromatic N) is 1. The van der Waals surface area contributed by atoms with E-state index in [1.807, 2.05) is 23.1 Å². The van der Waals surface area contributed by atoms with E-state index in [2.05, 4.69) is 40.2 Å². The highest BCUT2D eigenvalue weighted by molar-refractivity contribution is 9.09. The lowest BCUT2D eigenvalue weighted by Gasteiger charge is -2.31. The Kier molecular flexibility index (Phi) is 3.73. The van der Waals surface area contributed by atoms with Crippen LogP contribution in [-0.2, 0) is 4.79 Å². The number of alkyl halides is 1. The molecule has 4 heteroatoms. The first-order valence-electron chi connectivity index (χ1n) is 7.90.